The number of hydrogen-bond acceptors (Lipinski definition) is 7. The van der Waals surface area contributed by atoms with Crippen molar-refractivity contribution in [3.05, 3.63) is 60.8 Å². The summed E-state index contributed by atoms with van der Waals surface area (Å²) in [6, 6.07) is -0.730. The third kappa shape index (κ3) is 49.8. The lowest BCUT2D eigenvalue weighted by Crippen LogP contribution is -2.55. The van der Waals surface area contributed by atoms with E-state index in [1.54, 1.807) is 0 Å². The van der Waals surface area contributed by atoms with E-state index in [1.165, 1.54) is 161 Å². The predicted molar refractivity (Wildman–Crippen MR) is 291 cm³/mol. The maximum atomic E-state index is 12.8. The van der Waals surface area contributed by atoms with Crippen molar-refractivity contribution in [1.82, 2.24) is 0 Å². The first kappa shape index (κ1) is 66.0. The summed E-state index contributed by atoms with van der Waals surface area (Å²) in [5, 5.41) is 11.7. The predicted octanol–water partition coefficient (Wildman–Crippen LogP) is 15.9. The Balaban J connectivity index is 4.18. The van der Waals surface area contributed by atoms with Crippen molar-refractivity contribution in [1.29, 1.82) is 0 Å². The summed E-state index contributed by atoms with van der Waals surface area (Å²) < 4.78 is 17.3. The van der Waals surface area contributed by atoms with E-state index in [4.69, 9.17) is 14.2 Å². The average Bonchev–Trinajstić information content (AvgIpc) is 3.31. The molecular weight excluding hydrogens is 859 g/mol. The number of esters is 2. The van der Waals surface area contributed by atoms with Crippen molar-refractivity contribution in [2.45, 2.75) is 270 Å². The van der Waals surface area contributed by atoms with E-state index < -0.39 is 18.1 Å². The highest BCUT2D eigenvalue weighted by Gasteiger charge is 2.25. The van der Waals surface area contributed by atoms with Gasteiger partial charge in [-0.15, -0.1) is 0 Å². The Hall–Kier alpha value is -2.97. The third-order valence-electron chi connectivity index (χ3n) is 12.9. The van der Waals surface area contributed by atoms with Gasteiger partial charge in [0.05, 0.1) is 40.3 Å². The molecule has 2 unspecified atom stereocenters. The minimum Gasteiger partial charge on any atom is -0.544 e. The maximum Gasteiger partial charge on any atom is 0.306 e. The van der Waals surface area contributed by atoms with Crippen LogP contribution in [-0.4, -0.2) is 75.5 Å². The molecule has 0 heterocycles. The van der Waals surface area contributed by atoms with Crippen LogP contribution in [-0.2, 0) is 28.6 Å². The van der Waals surface area contributed by atoms with Crippen molar-refractivity contribution in [3.63, 3.8) is 0 Å². The quantitative estimate of drug-likeness (QED) is 0.0259. The smallest absolute Gasteiger partial charge is 0.306 e. The fraction of sp³-hybridized carbons (Fsp3) is 0.787. The van der Waals surface area contributed by atoms with Gasteiger partial charge in [-0.05, 0) is 77.0 Å². The molecule has 69 heavy (non-hydrogen) atoms. The maximum absolute atomic E-state index is 12.8. The second-order valence-electron chi connectivity index (χ2n) is 20.5. The summed E-state index contributed by atoms with van der Waals surface area (Å²) >= 11 is 0. The number of quaternary nitrogens is 1. The van der Waals surface area contributed by atoms with Crippen LogP contribution in [0.5, 0.6) is 0 Å². The fourth-order valence-corrected chi connectivity index (χ4v) is 8.47. The number of likely N-dealkylation sites (N-methyl/N-ethyl adjacent to an activating group) is 1. The first-order valence-corrected chi connectivity index (χ1v) is 28.8. The highest BCUT2D eigenvalue weighted by Crippen LogP contribution is 2.16. The molecule has 0 amide bonds. The summed E-state index contributed by atoms with van der Waals surface area (Å²) in [6.07, 6.45) is 65.5. The number of carbonyl (C=O) groups excluding carboxylic acids is 3. The van der Waals surface area contributed by atoms with Crippen LogP contribution in [0.4, 0.5) is 0 Å². The second-order valence-corrected chi connectivity index (χ2v) is 20.5. The molecule has 0 aliphatic rings. The number of rotatable bonds is 52. The molecule has 8 heteroatoms. The van der Waals surface area contributed by atoms with Gasteiger partial charge >= 0.3 is 11.9 Å². The van der Waals surface area contributed by atoms with E-state index >= 15 is 0 Å². The van der Waals surface area contributed by atoms with Crippen molar-refractivity contribution < 1.29 is 38.2 Å². The summed E-state index contributed by atoms with van der Waals surface area (Å²) in [4.78, 5) is 37.2. The first-order chi connectivity index (χ1) is 33.6. The van der Waals surface area contributed by atoms with Crippen LogP contribution in [0.1, 0.15) is 258 Å². The van der Waals surface area contributed by atoms with Gasteiger partial charge in [-0.1, -0.05) is 222 Å². The van der Waals surface area contributed by atoms with Gasteiger partial charge in [0.25, 0.3) is 0 Å². The first-order valence-electron chi connectivity index (χ1n) is 28.8. The summed E-state index contributed by atoms with van der Waals surface area (Å²) in [6.45, 7) is 4.58. The molecule has 0 aromatic rings. The zero-order chi connectivity index (χ0) is 50.6. The largest absolute Gasteiger partial charge is 0.544 e. The number of ether oxygens (including phenoxy) is 3. The highest BCUT2D eigenvalue weighted by atomic mass is 16.6. The minimum absolute atomic E-state index is 0.0373. The Morgan fingerprint density at radius 1 is 0.449 bits per heavy atom. The Labute approximate surface area is 426 Å². The Morgan fingerprint density at radius 3 is 1.22 bits per heavy atom. The van der Waals surface area contributed by atoms with Gasteiger partial charge in [-0.3, -0.25) is 9.59 Å². The molecule has 0 radical (unpaired) electrons. The molecule has 2 atom stereocenters. The van der Waals surface area contributed by atoms with Crippen LogP contribution in [0.3, 0.4) is 0 Å². The van der Waals surface area contributed by atoms with Crippen LogP contribution >= 0.6 is 0 Å². The van der Waals surface area contributed by atoms with Gasteiger partial charge in [0.1, 0.15) is 12.6 Å². The zero-order valence-electron chi connectivity index (χ0n) is 45.7. The molecule has 0 saturated carbocycles. The number of hydrogen-bond donors (Lipinski definition) is 0. The van der Waals surface area contributed by atoms with E-state index in [0.29, 0.717) is 12.8 Å². The molecule has 0 aromatic carbocycles. The van der Waals surface area contributed by atoms with Crippen molar-refractivity contribution >= 4 is 17.9 Å². The van der Waals surface area contributed by atoms with Gasteiger partial charge in [0.15, 0.2) is 6.10 Å². The number of allylic oxidation sites excluding steroid dienone is 10. The SMILES string of the molecule is CC/C=C/C/C=C/C/C=C/C/C=C/CCCCCCCCCCCCC(=O)OC(COCCC(C(=O)[O-])[N+](C)(C)C)COC(=O)CCCCCCCCC/C=C/CCCCCCCCCCCCC. The topological polar surface area (TPSA) is 102 Å². The van der Waals surface area contributed by atoms with Gasteiger partial charge in [-0.2, -0.15) is 0 Å². The number of aliphatic carboxylic acids is 1. The van der Waals surface area contributed by atoms with E-state index in [2.05, 4.69) is 74.6 Å². The van der Waals surface area contributed by atoms with Crippen LogP contribution in [0, 0.1) is 0 Å². The van der Waals surface area contributed by atoms with E-state index in [-0.39, 0.29) is 42.7 Å². The lowest BCUT2D eigenvalue weighted by molar-refractivity contribution is -0.889. The summed E-state index contributed by atoms with van der Waals surface area (Å²) in [5.74, 6) is -1.74. The molecule has 0 bridgehead atoms. The van der Waals surface area contributed by atoms with Crippen LogP contribution in [0.2, 0.25) is 0 Å². The molecule has 0 fully saturated rings. The molecule has 0 saturated heterocycles. The van der Waals surface area contributed by atoms with Gasteiger partial charge in [0.2, 0.25) is 0 Å². The molecule has 0 rings (SSSR count). The Kier molecular flexibility index (Phi) is 49.2. The third-order valence-corrected chi connectivity index (χ3v) is 12.9. The zero-order valence-corrected chi connectivity index (χ0v) is 45.7. The highest BCUT2D eigenvalue weighted by molar-refractivity contribution is 5.70. The fourth-order valence-electron chi connectivity index (χ4n) is 8.47. The van der Waals surface area contributed by atoms with Crippen LogP contribution in [0.15, 0.2) is 60.8 Å². The lowest BCUT2D eigenvalue weighted by atomic mass is 10.0. The Bertz CT molecular complexity index is 1310. The number of nitrogens with zero attached hydrogens (tertiary/aromatic N) is 1. The minimum atomic E-state index is -1.12. The molecule has 0 N–H and O–H groups in total. The molecule has 0 aromatic heterocycles. The van der Waals surface area contributed by atoms with Gasteiger partial charge < -0.3 is 28.6 Å². The molecule has 0 aliphatic heterocycles. The number of carboxylic acid groups (broad SMARTS) is 1. The number of carboxylic acids is 1. The van der Waals surface area contributed by atoms with E-state index in [0.717, 1.165) is 64.2 Å². The van der Waals surface area contributed by atoms with E-state index in [1.807, 2.05) is 21.1 Å². The molecular formula is C61H109NO7. The van der Waals surface area contributed by atoms with Crippen molar-refractivity contribution in [3.8, 4) is 0 Å². The monoisotopic (exact) mass is 968 g/mol. The normalized spacial score (nSPS) is 13.2. The molecule has 400 valence electrons. The standard InChI is InChI=1S/C61H109NO7/c1-6-8-10-12-14-16-18-20-22-24-26-28-30-32-34-36-38-40-42-44-46-48-50-52-60(64)69-57(55-67-54-53-58(61(65)66)62(3,4)5)56-68-59(63)51-49-47-45-43-41-39-37-35-33-31-29-27-25-23-21-19-17-15-13-11-9-7-2/h8,10,14,16,20,22,26,28,31,33,57-58H,6-7,9,11-13,15,17-19,21,23-25,27,29-30,32,34-56H2,1-5H3/b10-8+,16-14+,22-20+,28-26+,33-31+. The van der Waals surface area contributed by atoms with Crippen molar-refractivity contribution in [2.75, 3.05) is 41.0 Å². The summed E-state index contributed by atoms with van der Waals surface area (Å²) in [5.41, 5.74) is 0. The van der Waals surface area contributed by atoms with E-state index in [9.17, 15) is 19.5 Å². The molecule has 8 nitrogen and oxygen atoms in total. The van der Waals surface area contributed by atoms with Crippen LogP contribution in [0.25, 0.3) is 0 Å². The number of unbranched alkanes of at least 4 members (excludes halogenated alkanes) is 28. The van der Waals surface area contributed by atoms with Gasteiger partial charge in [0, 0.05) is 19.3 Å². The number of carbonyl (C=O) groups is 3. The van der Waals surface area contributed by atoms with Crippen LogP contribution < -0.4 is 5.11 Å². The van der Waals surface area contributed by atoms with Gasteiger partial charge in [-0.25, -0.2) is 0 Å². The average molecular weight is 969 g/mol. The summed E-state index contributed by atoms with van der Waals surface area (Å²) in [7, 11) is 5.42. The second kappa shape index (κ2) is 51.4. The van der Waals surface area contributed by atoms with Crippen molar-refractivity contribution in [2.24, 2.45) is 0 Å². The molecule has 0 aliphatic carbocycles. The lowest BCUT2D eigenvalue weighted by Gasteiger charge is -2.34. The Morgan fingerprint density at radius 2 is 0.812 bits per heavy atom. The molecule has 0 spiro atoms.